The molecule has 8 heteroatoms. The Kier molecular flexibility index (Phi) is 5.40. The molecule has 0 bridgehead atoms. The highest BCUT2D eigenvalue weighted by Crippen LogP contribution is 2.37. The van der Waals surface area contributed by atoms with E-state index in [4.69, 9.17) is 10.5 Å². The molecule has 0 atom stereocenters. The number of Topliss-reactive ketones (excluding diaryl/α,β-unsaturated/α-hetero) is 1. The van der Waals surface area contributed by atoms with Gasteiger partial charge in [0, 0.05) is 25.3 Å². The van der Waals surface area contributed by atoms with Gasteiger partial charge in [0.25, 0.3) is 5.91 Å². The van der Waals surface area contributed by atoms with Gasteiger partial charge in [0.05, 0.1) is 28.2 Å². The largest absolute Gasteiger partial charge is 0.616 e. The summed E-state index contributed by atoms with van der Waals surface area (Å²) in [7, 11) is 0. The summed E-state index contributed by atoms with van der Waals surface area (Å²) in [5.74, 6) is 1.15. The van der Waals surface area contributed by atoms with Gasteiger partial charge < -0.3 is 15.0 Å². The van der Waals surface area contributed by atoms with Crippen LogP contribution in [0.4, 0.5) is 0 Å². The Hall–Kier alpha value is -2.32. The molecule has 30 heavy (non-hydrogen) atoms. The van der Waals surface area contributed by atoms with Crippen molar-refractivity contribution in [2.75, 3.05) is 11.5 Å². The van der Waals surface area contributed by atoms with E-state index in [2.05, 4.69) is 18.9 Å². The highest BCUT2D eigenvalue weighted by Gasteiger charge is 2.36. The summed E-state index contributed by atoms with van der Waals surface area (Å²) in [6.07, 6.45) is 2.48. The average Bonchev–Trinajstić information content (AvgIpc) is 2.98. The fourth-order valence-corrected chi connectivity index (χ4v) is 5.62. The predicted octanol–water partition coefficient (Wildman–Crippen LogP) is 2.72. The van der Waals surface area contributed by atoms with E-state index in [1.165, 1.54) is 0 Å². The van der Waals surface area contributed by atoms with Crippen molar-refractivity contribution in [3.8, 4) is 11.4 Å². The lowest BCUT2D eigenvalue weighted by molar-refractivity contribution is 0.0909. The number of benzene rings is 1. The van der Waals surface area contributed by atoms with Crippen LogP contribution in [0.1, 0.15) is 65.2 Å². The molecule has 2 N–H and O–H groups in total. The normalized spacial score (nSPS) is 23.1. The number of nitrogens with zero attached hydrogens (tertiary/aromatic N) is 2. The Balaban J connectivity index is 1.73. The lowest BCUT2D eigenvalue weighted by atomic mass is 9.75. The van der Waals surface area contributed by atoms with Gasteiger partial charge in [-0.1, -0.05) is 25.0 Å². The number of carbonyl (C=O) groups is 2. The van der Waals surface area contributed by atoms with Gasteiger partial charge in [0.2, 0.25) is 0 Å². The Bertz CT molecular complexity index is 1010. The van der Waals surface area contributed by atoms with Crippen molar-refractivity contribution in [3.05, 3.63) is 40.7 Å². The van der Waals surface area contributed by atoms with Crippen LogP contribution in [-0.4, -0.2) is 43.6 Å². The van der Waals surface area contributed by atoms with Crippen molar-refractivity contribution >= 4 is 22.9 Å². The summed E-state index contributed by atoms with van der Waals surface area (Å²) in [5, 5.41) is 4.63. The van der Waals surface area contributed by atoms with Gasteiger partial charge >= 0.3 is 0 Å². The van der Waals surface area contributed by atoms with Crippen molar-refractivity contribution in [2.24, 2.45) is 11.1 Å². The van der Waals surface area contributed by atoms with Gasteiger partial charge in [-0.05, 0) is 30.9 Å². The number of ketones is 1. The molecule has 1 aromatic carbocycles. The number of fused-ring (bicyclic) bond motifs is 1. The minimum absolute atomic E-state index is 0.107. The highest BCUT2D eigenvalue weighted by molar-refractivity contribution is 7.91. The fraction of sp³-hybridized carbons (Fsp3) is 0.500. The summed E-state index contributed by atoms with van der Waals surface area (Å²) in [6, 6.07) is 5.19. The smallest absolute Gasteiger partial charge is 0.252 e. The molecule has 0 spiro atoms. The lowest BCUT2D eigenvalue weighted by Crippen LogP contribution is -2.31. The molecule has 0 radical (unpaired) electrons. The van der Waals surface area contributed by atoms with Crippen LogP contribution >= 0.6 is 0 Å². The minimum atomic E-state index is -0.795. The molecular formula is C22H27N3O4S. The number of primary amides is 1. The molecule has 2 aliphatic rings. The van der Waals surface area contributed by atoms with E-state index in [0.717, 1.165) is 17.8 Å². The first kappa shape index (κ1) is 20.9. The summed E-state index contributed by atoms with van der Waals surface area (Å²) >= 11 is -0.795. The number of hydrogen-bond donors (Lipinski definition) is 1. The van der Waals surface area contributed by atoms with Gasteiger partial charge in [-0.25, -0.2) is 4.68 Å². The Labute approximate surface area is 179 Å². The predicted molar refractivity (Wildman–Crippen MR) is 115 cm³/mol. The second kappa shape index (κ2) is 7.74. The van der Waals surface area contributed by atoms with Crippen LogP contribution < -0.4 is 10.5 Å². The van der Waals surface area contributed by atoms with Crippen LogP contribution in [0, 0.1) is 12.3 Å². The third-order valence-electron chi connectivity index (χ3n) is 5.82. The van der Waals surface area contributed by atoms with Crippen LogP contribution in [0.3, 0.4) is 0 Å². The van der Waals surface area contributed by atoms with E-state index in [-0.39, 0.29) is 17.3 Å². The highest BCUT2D eigenvalue weighted by atomic mass is 32.2. The number of amides is 1. The minimum Gasteiger partial charge on any atom is -0.616 e. The number of ether oxygens (including phenoxy) is 1. The first-order valence-electron chi connectivity index (χ1n) is 10.2. The number of rotatable bonds is 4. The van der Waals surface area contributed by atoms with Gasteiger partial charge in [0.15, 0.2) is 5.78 Å². The molecule has 2 heterocycles. The second-order valence-electron chi connectivity index (χ2n) is 8.97. The molecule has 2 aromatic rings. The van der Waals surface area contributed by atoms with Crippen molar-refractivity contribution < 1.29 is 18.9 Å². The Morgan fingerprint density at radius 2 is 2.00 bits per heavy atom. The lowest BCUT2D eigenvalue weighted by Gasteiger charge is -2.29. The number of carbonyl (C=O) groups excluding carboxylic acids is 2. The zero-order chi connectivity index (χ0) is 21.6. The molecule has 0 saturated carbocycles. The van der Waals surface area contributed by atoms with E-state index in [9.17, 15) is 14.1 Å². The molecule has 7 nitrogen and oxygen atoms in total. The van der Waals surface area contributed by atoms with Crippen molar-refractivity contribution in [2.45, 2.75) is 52.6 Å². The van der Waals surface area contributed by atoms with Crippen LogP contribution in [0.5, 0.6) is 5.75 Å². The van der Waals surface area contributed by atoms with Crippen LogP contribution in [0.2, 0.25) is 0 Å². The van der Waals surface area contributed by atoms with Crippen LogP contribution in [0.25, 0.3) is 5.69 Å². The summed E-state index contributed by atoms with van der Waals surface area (Å²) in [6.45, 7) is 6.01. The van der Waals surface area contributed by atoms with E-state index >= 15 is 0 Å². The number of nitrogens with two attached hydrogens (primary N) is 1. The van der Waals surface area contributed by atoms with Crippen molar-refractivity contribution in [3.63, 3.8) is 0 Å². The number of aromatic nitrogens is 2. The first-order chi connectivity index (χ1) is 14.1. The fourth-order valence-electron chi connectivity index (χ4n) is 4.37. The van der Waals surface area contributed by atoms with E-state index in [1.807, 2.05) is 6.92 Å². The van der Waals surface area contributed by atoms with E-state index in [0.29, 0.717) is 53.3 Å². The summed E-state index contributed by atoms with van der Waals surface area (Å²) in [4.78, 5) is 24.7. The zero-order valence-corrected chi connectivity index (χ0v) is 18.4. The molecule has 0 unspecified atom stereocenters. The SMILES string of the molecule is Cc1nn(-c2ccc(C(N)=O)c(OC3CC[S+]([O-])CC3)c2)c2c1C(=O)CC(C)(C)C2. The summed E-state index contributed by atoms with van der Waals surface area (Å²) < 4.78 is 19.6. The Morgan fingerprint density at radius 1 is 1.30 bits per heavy atom. The van der Waals surface area contributed by atoms with Crippen LogP contribution in [-0.2, 0) is 17.6 Å². The molecular weight excluding hydrogens is 402 g/mol. The maximum absolute atomic E-state index is 12.7. The van der Waals surface area contributed by atoms with Crippen molar-refractivity contribution in [1.82, 2.24) is 9.78 Å². The molecule has 4 rings (SSSR count). The van der Waals surface area contributed by atoms with Crippen LogP contribution in [0.15, 0.2) is 18.2 Å². The maximum Gasteiger partial charge on any atom is 0.252 e. The maximum atomic E-state index is 12.7. The molecule has 160 valence electrons. The summed E-state index contributed by atoms with van der Waals surface area (Å²) in [5.41, 5.74) is 8.75. The van der Waals surface area contributed by atoms with Gasteiger partial charge in [-0.2, -0.15) is 5.10 Å². The van der Waals surface area contributed by atoms with Gasteiger partial charge in [-0.15, -0.1) is 0 Å². The first-order valence-corrected chi connectivity index (χ1v) is 11.7. The monoisotopic (exact) mass is 429 g/mol. The molecule has 1 saturated heterocycles. The standard InChI is InChI=1S/C22H27N3O4S/c1-13-20-17(11-22(2,3)12-18(20)26)25(24-13)14-4-5-16(21(23)27)19(10-14)29-15-6-8-30(28)9-7-15/h4-5,10,15H,6-9,11-12H2,1-3H3,(H2,23,27). The molecule has 1 fully saturated rings. The topological polar surface area (TPSA) is 110 Å². The third kappa shape index (κ3) is 3.98. The number of hydrogen-bond acceptors (Lipinski definition) is 5. The zero-order valence-electron chi connectivity index (χ0n) is 17.6. The quantitative estimate of drug-likeness (QED) is 0.752. The second-order valence-corrected chi connectivity index (χ2v) is 10.7. The number of aryl methyl sites for hydroxylation is 1. The molecule has 1 aromatic heterocycles. The van der Waals surface area contributed by atoms with Gasteiger partial charge in [-0.3, -0.25) is 9.59 Å². The average molecular weight is 430 g/mol. The van der Waals surface area contributed by atoms with Gasteiger partial charge in [0.1, 0.15) is 23.4 Å². The molecule has 1 aliphatic carbocycles. The third-order valence-corrected chi connectivity index (χ3v) is 7.21. The molecule has 1 aliphatic heterocycles. The van der Waals surface area contributed by atoms with E-state index < -0.39 is 17.1 Å². The Morgan fingerprint density at radius 3 is 2.67 bits per heavy atom. The van der Waals surface area contributed by atoms with E-state index in [1.54, 1.807) is 22.9 Å². The van der Waals surface area contributed by atoms with Crippen molar-refractivity contribution in [1.29, 1.82) is 0 Å². The molecule has 1 amide bonds.